The first kappa shape index (κ1) is 12.9. The highest BCUT2D eigenvalue weighted by molar-refractivity contribution is 7.99. The topological polar surface area (TPSA) is 38.7 Å². The van der Waals surface area contributed by atoms with Gasteiger partial charge in [0.25, 0.3) is 0 Å². The predicted molar refractivity (Wildman–Crippen MR) is 55.2 cm³/mol. The first-order valence-electron chi connectivity index (χ1n) is 3.95. The Labute approximate surface area is 88.2 Å². The van der Waals surface area contributed by atoms with E-state index in [-0.39, 0.29) is 0 Å². The van der Waals surface area contributed by atoms with Gasteiger partial charge in [0.2, 0.25) is 0 Å². The maximum absolute atomic E-state index is 7.73. The van der Waals surface area contributed by atoms with Crippen molar-refractivity contribution in [1.82, 2.24) is 0 Å². The molecule has 0 aliphatic rings. The molecule has 1 N–H and O–H groups in total. The van der Waals surface area contributed by atoms with Crippen LogP contribution in [0.3, 0.4) is 0 Å². The van der Waals surface area contributed by atoms with E-state index < -0.39 is 0 Å². The van der Waals surface area contributed by atoms with E-state index in [9.17, 15) is 0 Å². The molecule has 0 radical (unpaired) electrons. The molecular weight excluding hydrogens is 200 g/mol. The Bertz CT molecular complexity index is 318. The molecule has 74 valence electrons. The van der Waals surface area contributed by atoms with Crippen LogP contribution >= 0.6 is 12.0 Å². The molecule has 0 aliphatic heterocycles. The number of rotatable bonds is 3. The van der Waals surface area contributed by atoms with Crippen molar-refractivity contribution in [2.24, 2.45) is 5.92 Å². The summed E-state index contributed by atoms with van der Waals surface area (Å²) in [5.74, 6) is 13.5. The van der Waals surface area contributed by atoms with Crippen LogP contribution < -0.4 is 0 Å². The van der Waals surface area contributed by atoms with Crippen LogP contribution in [0.2, 0.25) is 0 Å². The largest absolute Gasteiger partial charge is 0.220 e. The summed E-state index contributed by atoms with van der Waals surface area (Å²) in [4.78, 5) is 0. The number of hydrogen-bond acceptors (Lipinski definition) is 4. The smallest absolute Gasteiger partial charge is 0.125 e. The van der Waals surface area contributed by atoms with Gasteiger partial charge in [0.1, 0.15) is 12.0 Å². The lowest BCUT2D eigenvalue weighted by molar-refractivity contribution is -0.431. The van der Waals surface area contributed by atoms with Crippen LogP contribution in [0.1, 0.15) is 20.3 Å². The maximum Gasteiger partial charge on any atom is 0.125 e. The van der Waals surface area contributed by atoms with Gasteiger partial charge < -0.3 is 0 Å². The highest BCUT2D eigenvalue weighted by Crippen LogP contribution is 1.96. The Balaban J connectivity index is 3.79. The SMILES string of the molecule is CCC(C)C#CC#CC#CSOOO. The summed E-state index contributed by atoms with van der Waals surface area (Å²) in [5.41, 5.74) is 0. The van der Waals surface area contributed by atoms with E-state index in [1.807, 2.05) is 6.92 Å². The minimum Gasteiger partial charge on any atom is -0.220 e. The summed E-state index contributed by atoms with van der Waals surface area (Å²) in [7, 11) is 0. The molecule has 0 aromatic carbocycles. The van der Waals surface area contributed by atoms with Gasteiger partial charge in [-0.2, -0.15) is 0 Å². The summed E-state index contributed by atoms with van der Waals surface area (Å²) in [6, 6.07) is 0. The average Bonchev–Trinajstić information content (AvgIpc) is 2.21. The van der Waals surface area contributed by atoms with Crippen molar-refractivity contribution in [3.63, 3.8) is 0 Å². The van der Waals surface area contributed by atoms with Crippen molar-refractivity contribution in [3.05, 3.63) is 0 Å². The average molecular weight is 210 g/mol. The van der Waals surface area contributed by atoms with Crippen LogP contribution in [0.4, 0.5) is 0 Å². The van der Waals surface area contributed by atoms with Crippen LogP contribution in [0.5, 0.6) is 0 Å². The van der Waals surface area contributed by atoms with Gasteiger partial charge in [-0.25, -0.2) is 5.26 Å². The van der Waals surface area contributed by atoms with Crippen LogP contribution in [0.15, 0.2) is 0 Å². The summed E-state index contributed by atoms with van der Waals surface area (Å²) in [6.07, 6.45) is 1.01. The molecule has 4 heteroatoms. The van der Waals surface area contributed by atoms with Gasteiger partial charge >= 0.3 is 0 Å². The monoisotopic (exact) mass is 210 g/mol. The Morgan fingerprint density at radius 1 is 1.29 bits per heavy atom. The molecule has 0 saturated carbocycles. The fraction of sp³-hybridized carbons (Fsp3) is 0.400. The van der Waals surface area contributed by atoms with E-state index in [1.54, 1.807) is 0 Å². The third-order valence-corrected chi connectivity index (χ3v) is 1.59. The van der Waals surface area contributed by atoms with Gasteiger partial charge in [-0.3, -0.25) is 0 Å². The molecule has 0 bridgehead atoms. The van der Waals surface area contributed by atoms with E-state index >= 15 is 0 Å². The van der Waals surface area contributed by atoms with E-state index in [0.717, 1.165) is 6.42 Å². The molecule has 1 unspecified atom stereocenters. The molecule has 1 atom stereocenters. The Hall–Kier alpha value is -1.09. The Morgan fingerprint density at radius 2 is 2.00 bits per heavy atom. The van der Waals surface area contributed by atoms with Gasteiger partial charge in [0.15, 0.2) is 0 Å². The van der Waals surface area contributed by atoms with Gasteiger partial charge in [0, 0.05) is 17.1 Å². The molecule has 0 rings (SSSR count). The van der Waals surface area contributed by atoms with Gasteiger partial charge in [0.05, 0.1) is 0 Å². The highest BCUT2D eigenvalue weighted by atomic mass is 32.2. The molecule has 0 fully saturated rings. The summed E-state index contributed by atoms with van der Waals surface area (Å²) in [5, 5.41) is 13.4. The van der Waals surface area contributed by atoms with E-state index in [2.05, 4.69) is 51.2 Å². The van der Waals surface area contributed by atoms with Crippen molar-refractivity contribution in [3.8, 4) is 34.9 Å². The first-order chi connectivity index (χ1) is 6.81. The predicted octanol–water partition coefficient (Wildman–Crippen LogP) is 2.07. The van der Waals surface area contributed by atoms with Crippen molar-refractivity contribution in [2.75, 3.05) is 0 Å². The second-order valence-corrected chi connectivity index (χ2v) is 2.79. The lowest BCUT2D eigenvalue weighted by Gasteiger charge is -1.91. The maximum atomic E-state index is 7.73. The third kappa shape index (κ3) is 9.00. The zero-order valence-corrected chi connectivity index (χ0v) is 8.77. The van der Waals surface area contributed by atoms with Gasteiger partial charge in [-0.15, -0.1) is 4.33 Å². The summed E-state index contributed by atoms with van der Waals surface area (Å²) in [6.45, 7) is 4.10. The second kappa shape index (κ2) is 9.99. The van der Waals surface area contributed by atoms with E-state index in [0.29, 0.717) is 18.0 Å². The standard InChI is InChI=1S/C10H10O3S/c1-3-10(2)8-6-4-5-7-9-14-13-12-11/h10-11H,3H2,1-2H3. The third-order valence-electron chi connectivity index (χ3n) is 1.28. The molecular formula is C10H10O3S. The van der Waals surface area contributed by atoms with Crippen molar-refractivity contribution >= 4 is 12.0 Å². The van der Waals surface area contributed by atoms with Crippen LogP contribution in [-0.4, -0.2) is 5.26 Å². The molecule has 0 amide bonds. The normalized spacial score (nSPS) is 9.64. The van der Waals surface area contributed by atoms with Crippen molar-refractivity contribution in [1.29, 1.82) is 0 Å². The molecule has 0 heterocycles. The molecule has 3 nitrogen and oxygen atoms in total. The second-order valence-electron chi connectivity index (χ2n) is 2.28. The highest BCUT2D eigenvalue weighted by Gasteiger charge is 1.86. The van der Waals surface area contributed by atoms with Crippen LogP contribution in [0, 0.1) is 40.8 Å². The van der Waals surface area contributed by atoms with Crippen LogP contribution in [0.25, 0.3) is 0 Å². The van der Waals surface area contributed by atoms with Gasteiger partial charge in [-0.1, -0.05) is 24.8 Å². The van der Waals surface area contributed by atoms with Crippen LogP contribution in [-0.2, 0) is 9.37 Å². The molecule has 0 spiro atoms. The molecule has 0 saturated heterocycles. The van der Waals surface area contributed by atoms with Crippen molar-refractivity contribution < 1.29 is 14.6 Å². The molecule has 14 heavy (non-hydrogen) atoms. The lowest BCUT2D eigenvalue weighted by Crippen LogP contribution is -1.83. The summed E-state index contributed by atoms with van der Waals surface area (Å²) >= 11 is 0.638. The fourth-order valence-electron chi connectivity index (χ4n) is 0.402. The molecule has 0 aromatic rings. The quantitative estimate of drug-likeness (QED) is 0.254. The van der Waals surface area contributed by atoms with Gasteiger partial charge in [-0.05, 0) is 24.2 Å². The zero-order valence-electron chi connectivity index (χ0n) is 7.96. The first-order valence-corrected chi connectivity index (χ1v) is 4.69. The zero-order chi connectivity index (χ0) is 10.6. The summed E-state index contributed by atoms with van der Waals surface area (Å²) < 4.78 is 3.99. The lowest BCUT2D eigenvalue weighted by atomic mass is 10.1. The minimum atomic E-state index is 0.359. The Kier molecular flexibility index (Phi) is 9.22. The Morgan fingerprint density at radius 3 is 2.64 bits per heavy atom. The minimum absolute atomic E-state index is 0.359. The molecule has 0 aliphatic carbocycles. The fourth-order valence-corrected chi connectivity index (χ4v) is 0.560. The van der Waals surface area contributed by atoms with E-state index in [4.69, 9.17) is 5.26 Å². The molecule has 0 aromatic heterocycles. The van der Waals surface area contributed by atoms with E-state index in [1.165, 1.54) is 0 Å². The number of hydrogen-bond donors (Lipinski definition) is 1. The van der Waals surface area contributed by atoms with Crippen molar-refractivity contribution in [2.45, 2.75) is 20.3 Å².